The Labute approximate surface area is 141 Å². The Bertz CT molecular complexity index is 640. The maximum atomic E-state index is 12.1. The van der Waals surface area contributed by atoms with Crippen molar-refractivity contribution in [2.45, 2.75) is 39.0 Å². The van der Waals surface area contributed by atoms with Crippen molar-refractivity contribution in [3.8, 4) is 0 Å². The first-order valence-corrected chi connectivity index (χ1v) is 7.94. The molecule has 1 aromatic carbocycles. The number of hydrogen-bond donors (Lipinski definition) is 1. The average Bonchev–Trinajstić information content (AvgIpc) is 2.93. The molecular formula is C17H22ClN3O2. The molecule has 6 heteroatoms. The summed E-state index contributed by atoms with van der Waals surface area (Å²) in [5, 5.41) is 7.83. The lowest BCUT2D eigenvalue weighted by Gasteiger charge is -2.24. The first-order valence-electron chi connectivity index (χ1n) is 7.56. The zero-order valence-electron chi connectivity index (χ0n) is 13.6. The topological polar surface area (TPSA) is 56.1 Å². The minimum absolute atomic E-state index is 0.0262. The summed E-state index contributed by atoms with van der Waals surface area (Å²) in [6.07, 6.45) is 3.86. The summed E-state index contributed by atoms with van der Waals surface area (Å²) >= 11 is 5.91. The van der Waals surface area contributed by atoms with Gasteiger partial charge in [-0.3, -0.25) is 9.48 Å². The highest BCUT2D eigenvalue weighted by Gasteiger charge is 2.20. The maximum Gasteiger partial charge on any atom is 0.222 e. The van der Waals surface area contributed by atoms with Gasteiger partial charge in [0.15, 0.2) is 0 Å². The molecule has 0 aliphatic rings. The van der Waals surface area contributed by atoms with Gasteiger partial charge in [-0.15, -0.1) is 0 Å². The molecular weight excluding hydrogens is 314 g/mol. The molecule has 0 spiro atoms. The molecule has 0 bridgehead atoms. The highest BCUT2D eigenvalue weighted by atomic mass is 35.5. The monoisotopic (exact) mass is 335 g/mol. The van der Waals surface area contributed by atoms with Crippen LogP contribution in [0.4, 0.5) is 0 Å². The van der Waals surface area contributed by atoms with E-state index in [-0.39, 0.29) is 18.1 Å². The molecule has 124 valence electrons. The molecule has 2 atom stereocenters. The van der Waals surface area contributed by atoms with Gasteiger partial charge in [0.1, 0.15) is 6.10 Å². The van der Waals surface area contributed by atoms with Crippen LogP contribution in [0.3, 0.4) is 0 Å². The summed E-state index contributed by atoms with van der Waals surface area (Å²) in [6, 6.07) is 7.31. The molecule has 5 nitrogen and oxygen atoms in total. The van der Waals surface area contributed by atoms with Crippen LogP contribution in [-0.4, -0.2) is 28.8 Å². The number of carbonyl (C=O) groups excluding carboxylic acids is 1. The van der Waals surface area contributed by atoms with Crippen LogP contribution in [0.5, 0.6) is 0 Å². The van der Waals surface area contributed by atoms with E-state index in [1.54, 1.807) is 18.0 Å². The number of benzene rings is 1. The van der Waals surface area contributed by atoms with Gasteiger partial charge in [-0.05, 0) is 37.1 Å². The molecule has 0 radical (unpaired) electrons. The number of aryl methyl sites for hydroxylation is 2. The SMILES string of the molecule is COC(c1ccc(Cl)cc1)C(C)NC(=O)CCn1cc(C)cn1. The van der Waals surface area contributed by atoms with Gasteiger partial charge in [-0.2, -0.15) is 5.10 Å². The third kappa shape index (κ3) is 5.08. The Morgan fingerprint density at radius 2 is 2.09 bits per heavy atom. The normalized spacial score (nSPS) is 13.6. The third-order valence-corrected chi connectivity index (χ3v) is 3.88. The van der Waals surface area contributed by atoms with E-state index in [2.05, 4.69) is 10.4 Å². The van der Waals surface area contributed by atoms with Crippen molar-refractivity contribution in [3.05, 3.63) is 52.8 Å². The Hall–Kier alpha value is -1.85. The molecule has 1 amide bonds. The van der Waals surface area contributed by atoms with Crippen molar-refractivity contribution < 1.29 is 9.53 Å². The number of hydrogen-bond acceptors (Lipinski definition) is 3. The third-order valence-electron chi connectivity index (χ3n) is 3.63. The largest absolute Gasteiger partial charge is 0.375 e. The van der Waals surface area contributed by atoms with Crippen molar-refractivity contribution in [1.29, 1.82) is 0 Å². The second-order valence-corrected chi connectivity index (χ2v) is 6.03. The van der Waals surface area contributed by atoms with E-state index >= 15 is 0 Å². The second kappa shape index (κ2) is 8.13. The van der Waals surface area contributed by atoms with Crippen LogP contribution in [0.1, 0.15) is 30.6 Å². The van der Waals surface area contributed by atoms with Gasteiger partial charge in [-0.1, -0.05) is 23.7 Å². The quantitative estimate of drug-likeness (QED) is 0.845. The van der Waals surface area contributed by atoms with Crippen LogP contribution in [0, 0.1) is 6.92 Å². The highest BCUT2D eigenvalue weighted by Crippen LogP contribution is 2.22. The van der Waals surface area contributed by atoms with Crippen molar-refractivity contribution in [3.63, 3.8) is 0 Å². The number of nitrogens with one attached hydrogen (secondary N) is 1. The molecule has 23 heavy (non-hydrogen) atoms. The van der Waals surface area contributed by atoms with Crippen LogP contribution in [0.2, 0.25) is 5.02 Å². The number of carbonyl (C=O) groups is 1. The molecule has 0 aliphatic heterocycles. The Balaban J connectivity index is 1.89. The van der Waals surface area contributed by atoms with E-state index in [1.165, 1.54) is 0 Å². The minimum Gasteiger partial charge on any atom is -0.375 e. The van der Waals surface area contributed by atoms with Gasteiger partial charge in [0, 0.05) is 31.3 Å². The molecule has 0 saturated carbocycles. The van der Waals surface area contributed by atoms with Crippen molar-refractivity contribution in [2.75, 3.05) is 7.11 Å². The summed E-state index contributed by atoms with van der Waals surface area (Å²) in [4.78, 5) is 12.1. The Morgan fingerprint density at radius 1 is 1.39 bits per heavy atom. The predicted molar refractivity (Wildman–Crippen MR) is 90.4 cm³/mol. The van der Waals surface area contributed by atoms with Gasteiger partial charge < -0.3 is 10.1 Å². The number of halogens is 1. The van der Waals surface area contributed by atoms with E-state index in [0.29, 0.717) is 18.0 Å². The number of methoxy groups -OCH3 is 1. The molecule has 1 aromatic heterocycles. The fourth-order valence-corrected chi connectivity index (χ4v) is 2.61. The van der Waals surface area contributed by atoms with E-state index in [0.717, 1.165) is 11.1 Å². The fraction of sp³-hybridized carbons (Fsp3) is 0.412. The summed E-state index contributed by atoms with van der Waals surface area (Å²) in [7, 11) is 1.63. The lowest BCUT2D eigenvalue weighted by atomic mass is 10.0. The van der Waals surface area contributed by atoms with Gasteiger partial charge in [0.2, 0.25) is 5.91 Å². The van der Waals surface area contributed by atoms with Crippen LogP contribution in [-0.2, 0) is 16.1 Å². The maximum absolute atomic E-state index is 12.1. The van der Waals surface area contributed by atoms with Gasteiger partial charge in [0.25, 0.3) is 0 Å². The zero-order valence-corrected chi connectivity index (χ0v) is 14.4. The smallest absolute Gasteiger partial charge is 0.222 e. The van der Waals surface area contributed by atoms with Crippen molar-refractivity contribution in [1.82, 2.24) is 15.1 Å². The fourth-order valence-electron chi connectivity index (χ4n) is 2.49. The number of nitrogens with zero attached hydrogens (tertiary/aromatic N) is 2. The van der Waals surface area contributed by atoms with E-state index in [4.69, 9.17) is 16.3 Å². The minimum atomic E-state index is -0.219. The van der Waals surface area contributed by atoms with Gasteiger partial charge in [0.05, 0.1) is 12.2 Å². The molecule has 0 fully saturated rings. The zero-order chi connectivity index (χ0) is 16.8. The predicted octanol–water partition coefficient (Wildman–Crippen LogP) is 3.13. The van der Waals surface area contributed by atoms with Gasteiger partial charge >= 0.3 is 0 Å². The molecule has 0 aliphatic carbocycles. The highest BCUT2D eigenvalue weighted by molar-refractivity contribution is 6.30. The Kier molecular flexibility index (Phi) is 6.19. The summed E-state index contributed by atoms with van der Waals surface area (Å²) in [6.45, 7) is 4.46. The van der Waals surface area contributed by atoms with Crippen LogP contribution < -0.4 is 5.32 Å². The summed E-state index contributed by atoms with van der Waals surface area (Å²) < 4.78 is 7.30. The number of rotatable bonds is 7. The summed E-state index contributed by atoms with van der Waals surface area (Å²) in [5.74, 6) is -0.0262. The Morgan fingerprint density at radius 3 is 2.65 bits per heavy atom. The number of ether oxygens (including phenoxy) is 1. The van der Waals surface area contributed by atoms with Crippen LogP contribution in [0.15, 0.2) is 36.7 Å². The van der Waals surface area contributed by atoms with Crippen molar-refractivity contribution in [2.24, 2.45) is 0 Å². The van der Waals surface area contributed by atoms with Gasteiger partial charge in [-0.25, -0.2) is 0 Å². The van der Waals surface area contributed by atoms with E-state index in [9.17, 15) is 4.79 Å². The molecule has 1 N–H and O–H groups in total. The molecule has 2 unspecified atom stereocenters. The second-order valence-electron chi connectivity index (χ2n) is 5.59. The molecule has 0 saturated heterocycles. The first kappa shape index (κ1) is 17.5. The molecule has 2 aromatic rings. The molecule has 2 rings (SSSR count). The average molecular weight is 336 g/mol. The first-order chi connectivity index (χ1) is 11.0. The van der Waals surface area contributed by atoms with Crippen LogP contribution in [0.25, 0.3) is 0 Å². The lowest BCUT2D eigenvalue weighted by molar-refractivity contribution is -0.123. The summed E-state index contributed by atoms with van der Waals surface area (Å²) in [5.41, 5.74) is 2.06. The number of amides is 1. The molecule has 1 heterocycles. The van der Waals surface area contributed by atoms with E-state index in [1.807, 2.05) is 44.3 Å². The standard InChI is InChI=1S/C17H22ClN3O2/c1-12-10-19-21(11-12)9-8-16(22)20-13(2)17(23-3)14-4-6-15(18)7-5-14/h4-7,10-11,13,17H,8-9H2,1-3H3,(H,20,22). The van der Waals surface area contributed by atoms with E-state index < -0.39 is 0 Å². The van der Waals surface area contributed by atoms with Crippen molar-refractivity contribution >= 4 is 17.5 Å². The van der Waals surface area contributed by atoms with Crippen LogP contribution >= 0.6 is 11.6 Å². The lowest BCUT2D eigenvalue weighted by Crippen LogP contribution is -2.38. The number of aromatic nitrogens is 2.